The summed E-state index contributed by atoms with van der Waals surface area (Å²) in [7, 11) is -0.715. The van der Waals surface area contributed by atoms with Crippen molar-refractivity contribution < 1.29 is 8.95 Å². The summed E-state index contributed by atoms with van der Waals surface area (Å²) >= 11 is 0. The number of ether oxygens (including phenoxy) is 1. The van der Waals surface area contributed by atoms with E-state index in [2.05, 4.69) is 12.2 Å². The molecule has 1 aliphatic heterocycles. The van der Waals surface area contributed by atoms with E-state index in [0.717, 1.165) is 38.2 Å². The molecule has 0 aromatic rings. The molecule has 0 aromatic heterocycles. The standard InChI is InChI=1S/C13H25NO2S/c1-2-14-12-7-3-4-8-13(12)17(15)10-11-6-5-9-16-11/h11-14H,2-10H2,1H3. The molecule has 4 atom stereocenters. The van der Waals surface area contributed by atoms with Crippen molar-refractivity contribution in [1.82, 2.24) is 5.32 Å². The van der Waals surface area contributed by atoms with Crippen LogP contribution in [0.25, 0.3) is 0 Å². The first-order valence-electron chi connectivity index (χ1n) is 7.03. The maximum Gasteiger partial charge on any atom is 0.0691 e. The number of hydrogen-bond acceptors (Lipinski definition) is 3. The Bertz CT molecular complexity index is 252. The molecular formula is C13H25NO2S. The van der Waals surface area contributed by atoms with Gasteiger partial charge < -0.3 is 10.1 Å². The molecule has 0 bridgehead atoms. The fraction of sp³-hybridized carbons (Fsp3) is 1.00. The Kier molecular flexibility index (Phi) is 5.45. The van der Waals surface area contributed by atoms with Crippen LogP contribution in [0.1, 0.15) is 45.4 Å². The van der Waals surface area contributed by atoms with E-state index in [1.807, 2.05) is 0 Å². The molecule has 1 N–H and O–H groups in total. The molecule has 1 aliphatic carbocycles. The highest BCUT2D eigenvalue weighted by Crippen LogP contribution is 2.25. The van der Waals surface area contributed by atoms with Crippen LogP contribution in [0, 0.1) is 0 Å². The molecule has 4 heteroatoms. The van der Waals surface area contributed by atoms with Gasteiger partial charge in [-0.05, 0) is 32.2 Å². The Hall–Kier alpha value is 0.0700. The smallest absolute Gasteiger partial charge is 0.0691 e. The zero-order valence-corrected chi connectivity index (χ0v) is 11.6. The van der Waals surface area contributed by atoms with Gasteiger partial charge in [-0.2, -0.15) is 0 Å². The largest absolute Gasteiger partial charge is 0.377 e. The van der Waals surface area contributed by atoms with Gasteiger partial charge in [0.2, 0.25) is 0 Å². The number of hydrogen-bond donors (Lipinski definition) is 1. The van der Waals surface area contributed by atoms with Crippen molar-refractivity contribution in [2.24, 2.45) is 0 Å². The number of rotatable bonds is 5. The minimum atomic E-state index is -0.715. The first kappa shape index (κ1) is 13.5. The molecule has 0 spiro atoms. The van der Waals surface area contributed by atoms with Crippen molar-refractivity contribution in [3.8, 4) is 0 Å². The van der Waals surface area contributed by atoms with Crippen LogP contribution in [0.5, 0.6) is 0 Å². The van der Waals surface area contributed by atoms with E-state index < -0.39 is 10.8 Å². The van der Waals surface area contributed by atoms with E-state index in [4.69, 9.17) is 4.74 Å². The van der Waals surface area contributed by atoms with Gasteiger partial charge in [-0.25, -0.2) is 0 Å². The summed E-state index contributed by atoms with van der Waals surface area (Å²) < 4.78 is 18.0. The van der Waals surface area contributed by atoms with Gasteiger partial charge >= 0.3 is 0 Å². The van der Waals surface area contributed by atoms with Gasteiger partial charge in [-0.3, -0.25) is 4.21 Å². The normalized spacial score (nSPS) is 35.9. The third-order valence-electron chi connectivity index (χ3n) is 3.88. The molecular weight excluding hydrogens is 234 g/mol. The summed E-state index contributed by atoms with van der Waals surface area (Å²) in [6.07, 6.45) is 7.34. The van der Waals surface area contributed by atoms with Crippen LogP contribution < -0.4 is 5.32 Å². The Balaban J connectivity index is 1.86. The lowest BCUT2D eigenvalue weighted by atomic mass is 9.95. The molecule has 1 saturated carbocycles. The molecule has 2 aliphatic rings. The monoisotopic (exact) mass is 259 g/mol. The molecule has 2 fully saturated rings. The van der Waals surface area contributed by atoms with Crippen LogP contribution in [0.4, 0.5) is 0 Å². The van der Waals surface area contributed by atoms with E-state index in [1.54, 1.807) is 0 Å². The highest BCUT2D eigenvalue weighted by molar-refractivity contribution is 7.85. The molecule has 3 nitrogen and oxygen atoms in total. The lowest BCUT2D eigenvalue weighted by Crippen LogP contribution is -2.45. The van der Waals surface area contributed by atoms with E-state index in [9.17, 15) is 4.21 Å². The fourth-order valence-corrected chi connectivity index (χ4v) is 4.89. The minimum Gasteiger partial charge on any atom is -0.377 e. The first-order valence-corrected chi connectivity index (χ1v) is 8.41. The second-order valence-corrected chi connectivity index (χ2v) is 6.87. The van der Waals surface area contributed by atoms with Gasteiger partial charge in [0.05, 0.1) is 17.1 Å². The zero-order chi connectivity index (χ0) is 12.1. The molecule has 1 heterocycles. The van der Waals surface area contributed by atoms with Crippen molar-refractivity contribution in [3.63, 3.8) is 0 Å². The third-order valence-corrected chi connectivity index (χ3v) is 5.82. The van der Waals surface area contributed by atoms with Crippen molar-refractivity contribution >= 4 is 10.8 Å². The summed E-state index contributed by atoms with van der Waals surface area (Å²) in [6.45, 7) is 3.98. The molecule has 4 unspecified atom stereocenters. The SMILES string of the molecule is CCNC1CCCCC1S(=O)CC1CCCO1. The van der Waals surface area contributed by atoms with Gasteiger partial charge in [0, 0.05) is 23.4 Å². The summed E-state index contributed by atoms with van der Waals surface area (Å²) in [5, 5.41) is 3.86. The zero-order valence-electron chi connectivity index (χ0n) is 10.8. The van der Waals surface area contributed by atoms with Crippen LogP contribution in [0.15, 0.2) is 0 Å². The van der Waals surface area contributed by atoms with Crippen LogP contribution in [-0.2, 0) is 15.5 Å². The van der Waals surface area contributed by atoms with Crippen molar-refractivity contribution in [2.45, 2.75) is 62.8 Å². The van der Waals surface area contributed by atoms with Crippen LogP contribution >= 0.6 is 0 Å². The lowest BCUT2D eigenvalue weighted by molar-refractivity contribution is 0.128. The van der Waals surface area contributed by atoms with Gasteiger partial charge in [-0.15, -0.1) is 0 Å². The van der Waals surface area contributed by atoms with Crippen LogP contribution in [0.2, 0.25) is 0 Å². The van der Waals surface area contributed by atoms with E-state index >= 15 is 0 Å². The van der Waals surface area contributed by atoms with Crippen LogP contribution in [0.3, 0.4) is 0 Å². The molecule has 2 rings (SSSR count). The predicted molar refractivity (Wildman–Crippen MR) is 71.7 cm³/mol. The fourth-order valence-electron chi connectivity index (χ4n) is 2.99. The molecule has 1 saturated heterocycles. The minimum absolute atomic E-state index is 0.264. The lowest BCUT2D eigenvalue weighted by Gasteiger charge is -2.32. The van der Waals surface area contributed by atoms with Gasteiger partial charge in [0.15, 0.2) is 0 Å². The Morgan fingerprint density at radius 1 is 1.24 bits per heavy atom. The quantitative estimate of drug-likeness (QED) is 0.818. The predicted octanol–water partition coefficient (Wildman–Crippen LogP) is 1.83. The second-order valence-electron chi connectivity index (χ2n) is 5.17. The van der Waals surface area contributed by atoms with Gasteiger partial charge in [-0.1, -0.05) is 19.8 Å². The molecule has 0 amide bonds. The average Bonchev–Trinajstić information content (AvgIpc) is 2.83. The first-order chi connectivity index (χ1) is 8.31. The maximum absolute atomic E-state index is 12.4. The Morgan fingerprint density at radius 2 is 2.06 bits per heavy atom. The Morgan fingerprint density at radius 3 is 2.76 bits per heavy atom. The van der Waals surface area contributed by atoms with E-state index in [1.165, 1.54) is 19.3 Å². The highest BCUT2D eigenvalue weighted by atomic mass is 32.2. The summed E-state index contributed by atoms with van der Waals surface area (Å²) in [5.41, 5.74) is 0. The third kappa shape index (κ3) is 3.76. The summed E-state index contributed by atoms with van der Waals surface area (Å²) in [5.74, 6) is 0.757. The molecule has 0 radical (unpaired) electrons. The topological polar surface area (TPSA) is 38.3 Å². The van der Waals surface area contributed by atoms with E-state index in [-0.39, 0.29) is 6.10 Å². The highest BCUT2D eigenvalue weighted by Gasteiger charge is 2.31. The van der Waals surface area contributed by atoms with Gasteiger partial charge in [0.25, 0.3) is 0 Å². The number of nitrogens with one attached hydrogen (secondary N) is 1. The van der Waals surface area contributed by atoms with Crippen molar-refractivity contribution in [3.05, 3.63) is 0 Å². The summed E-state index contributed by atoms with van der Waals surface area (Å²) in [4.78, 5) is 0. The maximum atomic E-state index is 12.4. The second kappa shape index (κ2) is 6.86. The van der Waals surface area contributed by atoms with Crippen molar-refractivity contribution in [2.75, 3.05) is 18.9 Å². The molecule has 0 aromatic carbocycles. The Labute approximate surface area is 107 Å². The van der Waals surface area contributed by atoms with Gasteiger partial charge in [0.1, 0.15) is 0 Å². The molecule has 17 heavy (non-hydrogen) atoms. The van der Waals surface area contributed by atoms with Crippen LogP contribution in [-0.4, -0.2) is 40.5 Å². The average molecular weight is 259 g/mol. The van der Waals surface area contributed by atoms with E-state index in [0.29, 0.717) is 11.3 Å². The van der Waals surface area contributed by atoms with Crippen molar-refractivity contribution in [1.29, 1.82) is 0 Å². The molecule has 100 valence electrons. The summed E-state index contributed by atoms with van der Waals surface area (Å²) in [6, 6.07) is 0.469.